The Hall–Kier alpha value is -2.33. The van der Waals surface area contributed by atoms with E-state index in [1.165, 1.54) is 5.56 Å². The van der Waals surface area contributed by atoms with E-state index in [4.69, 9.17) is 9.84 Å². The maximum Gasteiger partial charge on any atom is 0.257 e. The smallest absolute Gasteiger partial charge is 0.257 e. The van der Waals surface area contributed by atoms with Gasteiger partial charge in [0.05, 0.1) is 6.61 Å². The number of hydrogen-bond acceptors (Lipinski definition) is 3. The quantitative estimate of drug-likeness (QED) is 0.826. The predicted octanol–water partition coefficient (Wildman–Crippen LogP) is 2.53. The molecule has 0 radical (unpaired) electrons. The molecule has 0 unspecified atom stereocenters. The summed E-state index contributed by atoms with van der Waals surface area (Å²) in [6.45, 7) is 4.63. The molecule has 0 fully saturated rings. The van der Waals surface area contributed by atoms with Crippen LogP contribution in [0.4, 0.5) is 0 Å². The van der Waals surface area contributed by atoms with E-state index in [0.717, 1.165) is 28.9 Å². The van der Waals surface area contributed by atoms with Crippen molar-refractivity contribution in [1.82, 2.24) is 5.32 Å². The number of rotatable bonds is 7. The molecule has 23 heavy (non-hydrogen) atoms. The minimum absolute atomic E-state index is 0.0212. The van der Waals surface area contributed by atoms with E-state index in [1.807, 2.05) is 56.3 Å². The zero-order valence-corrected chi connectivity index (χ0v) is 13.6. The summed E-state index contributed by atoms with van der Waals surface area (Å²) in [5, 5.41) is 11.8. The van der Waals surface area contributed by atoms with Gasteiger partial charge in [0.2, 0.25) is 0 Å². The molecule has 2 aromatic rings. The second-order valence-corrected chi connectivity index (χ2v) is 5.63. The first kappa shape index (κ1) is 17.0. The van der Waals surface area contributed by atoms with Crippen LogP contribution in [0.2, 0.25) is 0 Å². The summed E-state index contributed by atoms with van der Waals surface area (Å²) in [6.07, 6.45) is 0.751. The second-order valence-electron chi connectivity index (χ2n) is 5.63. The first-order valence-electron chi connectivity index (χ1n) is 7.74. The molecule has 0 spiro atoms. The van der Waals surface area contributed by atoms with E-state index in [-0.39, 0.29) is 19.1 Å². The zero-order valence-electron chi connectivity index (χ0n) is 13.6. The molecule has 0 saturated heterocycles. The SMILES string of the molecule is Cc1ccc(OCC(=O)NCCc2ccc(CO)cc2)c(C)c1. The predicted molar refractivity (Wildman–Crippen MR) is 90.5 cm³/mol. The molecule has 2 aromatic carbocycles. The van der Waals surface area contributed by atoms with Crippen LogP contribution < -0.4 is 10.1 Å². The van der Waals surface area contributed by atoms with Crippen molar-refractivity contribution in [3.63, 3.8) is 0 Å². The summed E-state index contributed by atoms with van der Waals surface area (Å²) in [5.41, 5.74) is 4.21. The van der Waals surface area contributed by atoms with E-state index in [0.29, 0.717) is 6.54 Å². The molecule has 4 nitrogen and oxygen atoms in total. The van der Waals surface area contributed by atoms with Crippen molar-refractivity contribution in [1.29, 1.82) is 0 Å². The van der Waals surface area contributed by atoms with Gasteiger partial charge in [0.1, 0.15) is 5.75 Å². The van der Waals surface area contributed by atoms with Crippen LogP contribution in [-0.4, -0.2) is 24.2 Å². The van der Waals surface area contributed by atoms with Crippen LogP contribution in [0, 0.1) is 13.8 Å². The highest BCUT2D eigenvalue weighted by molar-refractivity contribution is 5.77. The Labute approximate surface area is 137 Å². The molecular formula is C19H23NO3. The van der Waals surface area contributed by atoms with Gasteiger partial charge >= 0.3 is 0 Å². The van der Waals surface area contributed by atoms with Crippen LogP contribution in [0.3, 0.4) is 0 Å². The molecule has 4 heteroatoms. The maximum atomic E-state index is 11.8. The number of nitrogens with one attached hydrogen (secondary N) is 1. The van der Waals surface area contributed by atoms with E-state index >= 15 is 0 Å². The number of aliphatic hydroxyl groups is 1. The van der Waals surface area contributed by atoms with Crippen LogP contribution in [0.1, 0.15) is 22.3 Å². The van der Waals surface area contributed by atoms with E-state index in [9.17, 15) is 4.79 Å². The monoisotopic (exact) mass is 313 g/mol. The third-order valence-corrected chi connectivity index (χ3v) is 3.63. The van der Waals surface area contributed by atoms with Crippen LogP contribution >= 0.6 is 0 Å². The number of benzene rings is 2. The summed E-state index contributed by atoms with van der Waals surface area (Å²) in [5.74, 6) is 0.613. The molecule has 0 atom stereocenters. The molecule has 0 saturated carbocycles. The molecule has 0 aromatic heterocycles. The van der Waals surface area contributed by atoms with Gasteiger partial charge in [-0.1, -0.05) is 42.0 Å². The van der Waals surface area contributed by atoms with Crippen LogP contribution in [0.5, 0.6) is 5.75 Å². The van der Waals surface area contributed by atoms with Gasteiger partial charge in [-0.3, -0.25) is 4.79 Å². The number of aliphatic hydroxyl groups excluding tert-OH is 1. The molecule has 2 N–H and O–H groups in total. The van der Waals surface area contributed by atoms with Gasteiger partial charge < -0.3 is 15.2 Å². The van der Waals surface area contributed by atoms with Crippen molar-refractivity contribution in [2.45, 2.75) is 26.9 Å². The molecule has 0 aliphatic heterocycles. The third kappa shape index (κ3) is 5.42. The lowest BCUT2D eigenvalue weighted by Gasteiger charge is -2.10. The van der Waals surface area contributed by atoms with Gasteiger partial charge in [0.25, 0.3) is 5.91 Å². The normalized spacial score (nSPS) is 10.4. The third-order valence-electron chi connectivity index (χ3n) is 3.63. The number of carbonyl (C=O) groups is 1. The van der Waals surface area contributed by atoms with Gasteiger partial charge in [-0.15, -0.1) is 0 Å². The van der Waals surface area contributed by atoms with Crippen molar-refractivity contribution in [3.8, 4) is 5.75 Å². The molecule has 1 amide bonds. The fraction of sp³-hybridized carbons (Fsp3) is 0.316. The molecule has 0 aliphatic carbocycles. The van der Waals surface area contributed by atoms with Gasteiger partial charge in [0, 0.05) is 6.54 Å². The van der Waals surface area contributed by atoms with Crippen molar-refractivity contribution >= 4 is 5.91 Å². The van der Waals surface area contributed by atoms with Crippen molar-refractivity contribution < 1.29 is 14.6 Å². The lowest BCUT2D eigenvalue weighted by Crippen LogP contribution is -2.30. The van der Waals surface area contributed by atoms with E-state index in [2.05, 4.69) is 5.32 Å². The largest absolute Gasteiger partial charge is 0.484 e. The fourth-order valence-corrected chi connectivity index (χ4v) is 2.31. The number of aryl methyl sites for hydroxylation is 2. The Kier molecular flexibility index (Phi) is 6.18. The van der Waals surface area contributed by atoms with Gasteiger partial charge in [-0.2, -0.15) is 0 Å². The standard InChI is InChI=1S/C19H23NO3/c1-14-3-8-18(15(2)11-14)23-13-19(22)20-10-9-16-4-6-17(12-21)7-5-16/h3-8,11,21H,9-10,12-13H2,1-2H3,(H,20,22). The number of carbonyl (C=O) groups excluding carboxylic acids is 1. The van der Waals surface area contributed by atoms with Gasteiger partial charge in [0.15, 0.2) is 6.61 Å². The summed E-state index contributed by atoms with van der Waals surface area (Å²) < 4.78 is 5.55. The Morgan fingerprint density at radius 1 is 1.09 bits per heavy atom. The van der Waals surface area contributed by atoms with Crippen molar-refractivity contribution in [3.05, 3.63) is 64.7 Å². The number of hydrogen-bond donors (Lipinski definition) is 2. The van der Waals surface area contributed by atoms with Gasteiger partial charge in [-0.05, 0) is 43.0 Å². The average Bonchev–Trinajstić information content (AvgIpc) is 2.54. The molecule has 0 bridgehead atoms. The van der Waals surface area contributed by atoms with Crippen molar-refractivity contribution in [2.75, 3.05) is 13.2 Å². The minimum atomic E-state index is -0.128. The fourth-order valence-electron chi connectivity index (χ4n) is 2.31. The summed E-state index contributed by atoms with van der Waals surface area (Å²) in [7, 11) is 0. The Bertz CT molecular complexity index is 650. The Morgan fingerprint density at radius 2 is 1.78 bits per heavy atom. The lowest BCUT2D eigenvalue weighted by atomic mass is 10.1. The molecule has 122 valence electrons. The number of amides is 1. The van der Waals surface area contributed by atoms with E-state index < -0.39 is 0 Å². The summed E-state index contributed by atoms with van der Waals surface area (Å²) in [6, 6.07) is 13.6. The first-order chi connectivity index (χ1) is 11.1. The second kappa shape index (κ2) is 8.34. The van der Waals surface area contributed by atoms with Crippen LogP contribution in [0.25, 0.3) is 0 Å². The van der Waals surface area contributed by atoms with Gasteiger partial charge in [-0.25, -0.2) is 0 Å². The Balaban J connectivity index is 1.72. The summed E-state index contributed by atoms with van der Waals surface area (Å²) >= 11 is 0. The topological polar surface area (TPSA) is 58.6 Å². The highest BCUT2D eigenvalue weighted by Crippen LogP contribution is 2.18. The average molecular weight is 313 g/mol. The molecule has 0 aliphatic rings. The van der Waals surface area contributed by atoms with Crippen molar-refractivity contribution in [2.24, 2.45) is 0 Å². The zero-order chi connectivity index (χ0) is 16.7. The van der Waals surface area contributed by atoms with E-state index in [1.54, 1.807) is 0 Å². The lowest BCUT2D eigenvalue weighted by molar-refractivity contribution is -0.123. The first-order valence-corrected chi connectivity index (χ1v) is 7.74. The van der Waals surface area contributed by atoms with Crippen LogP contribution in [-0.2, 0) is 17.8 Å². The molecule has 2 rings (SSSR count). The molecule has 0 heterocycles. The Morgan fingerprint density at radius 3 is 2.43 bits per heavy atom. The van der Waals surface area contributed by atoms with Crippen LogP contribution in [0.15, 0.2) is 42.5 Å². The highest BCUT2D eigenvalue weighted by Gasteiger charge is 2.05. The highest BCUT2D eigenvalue weighted by atomic mass is 16.5. The number of ether oxygens (including phenoxy) is 1. The maximum absolute atomic E-state index is 11.8. The molecular weight excluding hydrogens is 290 g/mol. The minimum Gasteiger partial charge on any atom is -0.484 e. The summed E-state index contributed by atoms with van der Waals surface area (Å²) in [4.78, 5) is 11.8.